The van der Waals surface area contributed by atoms with Crippen LogP contribution in [0.5, 0.6) is 0 Å². The van der Waals surface area contributed by atoms with Gasteiger partial charge in [-0.3, -0.25) is 0 Å². The maximum atomic E-state index is 11.4. The van der Waals surface area contributed by atoms with Crippen molar-refractivity contribution in [3.05, 3.63) is 0 Å². The molecule has 0 aromatic carbocycles. The molecule has 1 rings (SSSR count). The van der Waals surface area contributed by atoms with Crippen molar-refractivity contribution in [2.45, 2.75) is 72.0 Å². The highest BCUT2D eigenvalue weighted by Crippen LogP contribution is 2.43. The molecule has 0 unspecified atom stereocenters. The monoisotopic (exact) mass is 242 g/mol. The quantitative estimate of drug-likeness (QED) is 0.824. The van der Waals surface area contributed by atoms with Crippen LogP contribution in [0.25, 0.3) is 0 Å². The Balaban J connectivity index is 2.71. The molecule has 0 radical (unpaired) electrons. The van der Waals surface area contributed by atoms with Gasteiger partial charge in [-0.1, -0.05) is 20.8 Å². The van der Waals surface area contributed by atoms with Gasteiger partial charge in [-0.2, -0.15) is 0 Å². The number of carbonyl (C=O) groups is 1. The molecule has 0 heterocycles. The second kappa shape index (κ2) is 4.97. The van der Waals surface area contributed by atoms with Crippen LogP contribution < -0.4 is 0 Å². The zero-order chi connectivity index (χ0) is 13.3. The molecule has 17 heavy (non-hydrogen) atoms. The molecule has 3 nitrogen and oxygen atoms in total. The van der Waals surface area contributed by atoms with Gasteiger partial charge in [0.15, 0.2) is 5.60 Å². The Hall–Kier alpha value is -0.570. The van der Waals surface area contributed by atoms with E-state index in [4.69, 9.17) is 4.74 Å². The summed E-state index contributed by atoms with van der Waals surface area (Å²) in [5.41, 5.74) is -0.668. The van der Waals surface area contributed by atoms with Crippen LogP contribution in [-0.4, -0.2) is 22.8 Å². The third-order valence-corrected chi connectivity index (χ3v) is 3.87. The Morgan fingerprint density at radius 1 is 1.29 bits per heavy atom. The van der Waals surface area contributed by atoms with E-state index in [1.807, 2.05) is 13.8 Å². The summed E-state index contributed by atoms with van der Waals surface area (Å²) in [4.78, 5) is 11.4. The van der Waals surface area contributed by atoms with Gasteiger partial charge in [-0.25, -0.2) is 4.79 Å². The Bertz CT molecular complexity index is 268. The van der Waals surface area contributed by atoms with Crippen LogP contribution in [0.1, 0.15) is 60.3 Å². The van der Waals surface area contributed by atoms with E-state index < -0.39 is 11.6 Å². The van der Waals surface area contributed by atoms with Gasteiger partial charge < -0.3 is 9.84 Å². The predicted molar refractivity (Wildman–Crippen MR) is 68.0 cm³/mol. The molecule has 1 aliphatic carbocycles. The summed E-state index contributed by atoms with van der Waals surface area (Å²) in [5, 5.41) is 9.40. The number of aliphatic carboxylic acids is 1. The van der Waals surface area contributed by atoms with Gasteiger partial charge in [0.2, 0.25) is 0 Å². The van der Waals surface area contributed by atoms with Crippen molar-refractivity contribution in [3.63, 3.8) is 0 Å². The molecule has 0 amide bonds. The minimum atomic E-state index is -0.935. The van der Waals surface area contributed by atoms with Crippen molar-refractivity contribution >= 4 is 5.97 Å². The van der Waals surface area contributed by atoms with E-state index in [0.717, 1.165) is 12.8 Å². The maximum absolute atomic E-state index is 11.4. The van der Waals surface area contributed by atoms with E-state index in [2.05, 4.69) is 20.8 Å². The number of hydrogen-bond acceptors (Lipinski definition) is 2. The zero-order valence-corrected chi connectivity index (χ0v) is 11.7. The summed E-state index contributed by atoms with van der Waals surface area (Å²) in [6.07, 6.45) is 3.15. The van der Waals surface area contributed by atoms with Crippen molar-refractivity contribution in [1.29, 1.82) is 0 Å². The average Bonchev–Trinajstić information content (AvgIpc) is 2.15. The summed E-state index contributed by atoms with van der Waals surface area (Å²) >= 11 is 0. The Morgan fingerprint density at radius 3 is 2.06 bits per heavy atom. The van der Waals surface area contributed by atoms with Gasteiger partial charge in [-0.05, 0) is 50.9 Å². The molecule has 0 aromatic rings. The van der Waals surface area contributed by atoms with Crippen molar-refractivity contribution in [1.82, 2.24) is 0 Å². The first-order valence-corrected chi connectivity index (χ1v) is 6.58. The number of carboxylic acids is 1. The van der Waals surface area contributed by atoms with E-state index >= 15 is 0 Å². The molecule has 3 heteroatoms. The molecule has 0 atom stereocenters. The third-order valence-electron chi connectivity index (χ3n) is 3.87. The largest absolute Gasteiger partial charge is 0.479 e. The second-order valence-electron chi connectivity index (χ2n) is 6.61. The average molecular weight is 242 g/mol. The summed E-state index contributed by atoms with van der Waals surface area (Å²) < 4.78 is 5.70. The first kappa shape index (κ1) is 14.5. The smallest absolute Gasteiger partial charge is 0.335 e. The van der Waals surface area contributed by atoms with Crippen LogP contribution in [0.4, 0.5) is 0 Å². The van der Waals surface area contributed by atoms with Crippen molar-refractivity contribution in [2.75, 3.05) is 0 Å². The standard InChI is InChI=1S/C14H26O3/c1-10(2)17-14(12(15)16)8-6-11(7-9-14)13(3,4)5/h10-11H,6-9H2,1-5H3,(H,15,16). The molecule has 100 valence electrons. The molecule has 0 aromatic heterocycles. The highest BCUT2D eigenvalue weighted by Gasteiger charge is 2.45. The van der Waals surface area contributed by atoms with E-state index in [1.54, 1.807) is 0 Å². The minimum Gasteiger partial charge on any atom is -0.479 e. The number of hydrogen-bond donors (Lipinski definition) is 1. The third kappa shape index (κ3) is 3.44. The van der Waals surface area contributed by atoms with Gasteiger partial charge >= 0.3 is 5.97 Å². The molecule has 1 aliphatic rings. The Kier molecular flexibility index (Phi) is 4.23. The first-order chi connectivity index (χ1) is 7.67. The minimum absolute atomic E-state index is 0.0303. The Labute approximate surface area is 105 Å². The van der Waals surface area contributed by atoms with Gasteiger partial charge in [0.05, 0.1) is 6.10 Å². The second-order valence-corrected chi connectivity index (χ2v) is 6.61. The zero-order valence-electron chi connectivity index (χ0n) is 11.7. The molecule has 1 N–H and O–H groups in total. The molecular formula is C14H26O3. The van der Waals surface area contributed by atoms with Crippen molar-refractivity contribution in [3.8, 4) is 0 Å². The fourth-order valence-electron chi connectivity index (χ4n) is 2.78. The van der Waals surface area contributed by atoms with Gasteiger partial charge in [0.1, 0.15) is 0 Å². The lowest BCUT2D eigenvalue weighted by atomic mass is 9.68. The first-order valence-electron chi connectivity index (χ1n) is 6.58. The lowest BCUT2D eigenvalue weighted by Crippen LogP contribution is -2.47. The Morgan fingerprint density at radius 2 is 1.76 bits per heavy atom. The summed E-state index contributed by atoms with van der Waals surface area (Å²) in [6, 6.07) is 0. The molecule has 0 bridgehead atoms. The van der Waals surface area contributed by atoms with Crippen LogP contribution in [-0.2, 0) is 9.53 Å². The normalized spacial score (nSPS) is 30.6. The maximum Gasteiger partial charge on any atom is 0.335 e. The molecular weight excluding hydrogens is 216 g/mol. The summed E-state index contributed by atoms with van der Waals surface area (Å²) in [5.74, 6) is -0.190. The number of rotatable bonds is 3. The molecule has 0 saturated heterocycles. The van der Waals surface area contributed by atoms with Gasteiger partial charge in [0, 0.05) is 0 Å². The molecule has 1 fully saturated rings. The SMILES string of the molecule is CC(C)OC1(C(=O)O)CCC(C(C)(C)C)CC1. The highest BCUT2D eigenvalue weighted by molar-refractivity contribution is 5.77. The molecule has 0 aliphatic heterocycles. The van der Waals surface area contributed by atoms with Crippen LogP contribution in [0.3, 0.4) is 0 Å². The lowest BCUT2D eigenvalue weighted by Gasteiger charge is -2.42. The van der Waals surface area contributed by atoms with E-state index in [0.29, 0.717) is 18.8 Å². The van der Waals surface area contributed by atoms with Crippen LogP contribution >= 0.6 is 0 Å². The van der Waals surface area contributed by atoms with Crippen molar-refractivity contribution in [2.24, 2.45) is 11.3 Å². The van der Waals surface area contributed by atoms with Crippen LogP contribution in [0.15, 0.2) is 0 Å². The van der Waals surface area contributed by atoms with E-state index in [9.17, 15) is 9.90 Å². The number of carboxylic acid groups (broad SMARTS) is 1. The van der Waals surface area contributed by atoms with E-state index in [-0.39, 0.29) is 11.5 Å². The molecule has 1 saturated carbocycles. The van der Waals surface area contributed by atoms with E-state index in [1.165, 1.54) is 0 Å². The van der Waals surface area contributed by atoms with Crippen LogP contribution in [0.2, 0.25) is 0 Å². The number of ether oxygens (including phenoxy) is 1. The molecule has 0 spiro atoms. The van der Waals surface area contributed by atoms with Crippen LogP contribution in [0, 0.1) is 11.3 Å². The van der Waals surface area contributed by atoms with Crippen molar-refractivity contribution < 1.29 is 14.6 Å². The van der Waals surface area contributed by atoms with Gasteiger partial charge in [-0.15, -0.1) is 0 Å². The predicted octanol–water partition coefficient (Wildman–Crippen LogP) is 3.47. The topological polar surface area (TPSA) is 46.5 Å². The fraction of sp³-hybridized carbons (Fsp3) is 0.929. The highest BCUT2D eigenvalue weighted by atomic mass is 16.5. The fourth-order valence-corrected chi connectivity index (χ4v) is 2.78. The van der Waals surface area contributed by atoms with Gasteiger partial charge in [0.25, 0.3) is 0 Å². The summed E-state index contributed by atoms with van der Waals surface area (Å²) in [7, 11) is 0. The lowest BCUT2D eigenvalue weighted by molar-refractivity contribution is -0.180. The summed E-state index contributed by atoms with van der Waals surface area (Å²) in [6.45, 7) is 10.5.